The van der Waals surface area contributed by atoms with E-state index in [4.69, 9.17) is 0 Å². The van der Waals surface area contributed by atoms with Crippen LogP contribution in [0.5, 0.6) is 0 Å². The van der Waals surface area contributed by atoms with Gasteiger partial charge in [-0.1, -0.05) is 0 Å². The number of hydrogen-bond donors (Lipinski definition) is 1. The van der Waals surface area contributed by atoms with Gasteiger partial charge in [0, 0.05) is 6.54 Å². The molecule has 1 radical (unpaired) electrons. The summed E-state index contributed by atoms with van der Waals surface area (Å²) in [4.78, 5) is 10.9. The topological polar surface area (TPSA) is 43.2 Å². The van der Waals surface area contributed by atoms with Crippen LogP contribution in [0.1, 0.15) is 13.8 Å². The van der Waals surface area contributed by atoms with E-state index in [1.165, 1.54) is 0 Å². The van der Waals surface area contributed by atoms with E-state index < -0.39 is 5.54 Å². The van der Waals surface area contributed by atoms with E-state index in [-0.39, 0.29) is 5.91 Å². The molecule has 9 heavy (non-hydrogen) atoms. The van der Waals surface area contributed by atoms with E-state index in [9.17, 15) is 4.79 Å². The molecule has 0 spiro atoms. The number of piperazine rings is 1. The van der Waals surface area contributed by atoms with E-state index in [2.05, 4.69) is 10.6 Å². The Morgan fingerprint density at radius 3 is 2.67 bits per heavy atom. The third kappa shape index (κ3) is 1.21. The molecule has 0 aliphatic carbocycles. The Morgan fingerprint density at radius 1 is 1.67 bits per heavy atom. The van der Waals surface area contributed by atoms with Gasteiger partial charge in [-0.3, -0.25) is 4.79 Å². The van der Waals surface area contributed by atoms with Gasteiger partial charge in [0.05, 0.1) is 12.1 Å². The standard InChI is InChI=1S/C6H11N2O/c1-6(2)5(9)7-3-4-8-6/h8H,3-4H2,1-2H3. The summed E-state index contributed by atoms with van der Waals surface area (Å²) in [5.74, 6) is -0.0336. The van der Waals surface area contributed by atoms with Crippen LogP contribution in [0.15, 0.2) is 0 Å². The average Bonchev–Trinajstić information content (AvgIpc) is 1.77. The Labute approximate surface area is 54.8 Å². The number of nitrogens with one attached hydrogen (secondary N) is 1. The Bertz CT molecular complexity index is 131. The molecular weight excluding hydrogens is 116 g/mol. The highest BCUT2D eigenvalue weighted by molar-refractivity contribution is 5.85. The van der Waals surface area contributed by atoms with Gasteiger partial charge in [0.15, 0.2) is 0 Å². The first-order chi connectivity index (χ1) is 4.13. The SMILES string of the molecule is CC1(C)NCC[N]C1=O. The van der Waals surface area contributed by atoms with Crippen molar-refractivity contribution in [2.45, 2.75) is 19.4 Å². The molecule has 1 N–H and O–H groups in total. The van der Waals surface area contributed by atoms with Gasteiger partial charge in [-0.25, -0.2) is 5.32 Å². The van der Waals surface area contributed by atoms with Gasteiger partial charge in [0.25, 0.3) is 5.91 Å². The lowest BCUT2D eigenvalue weighted by atomic mass is 10.0. The smallest absolute Gasteiger partial charge is 0.260 e. The van der Waals surface area contributed by atoms with Crippen molar-refractivity contribution in [3.05, 3.63) is 0 Å². The predicted molar refractivity (Wildman–Crippen MR) is 34.1 cm³/mol. The summed E-state index contributed by atoms with van der Waals surface area (Å²) >= 11 is 0. The molecule has 1 aliphatic rings. The zero-order valence-electron chi connectivity index (χ0n) is 5.77. The van der Waals surface area contributed by atoms with Gasteiger partial charge < -0.3 is 5.32 Å². The minimum absolute atomic E-state index is 0.0336. The maximum atomic E-state index is 10.9. The first-order valence-electron chi connectivity index (χ1n) is 3.10. The maximum Gasteiger partial charge on any atom is 0.260 e. The monoisotopic (exact) mass is 127 g/mol. The van der Waals surface area contributed by atoms with Gasteiger partial charge in [0.2, 0.25) is 0 Å². The average molecular weight is 127 g/mol. The lowest BCUT2D eigenvalue weighted by Gasteiger charge is -2.28. The fourth-order valence-electron chi connectivity index (χ4n) is 0.799. The van der Waals surface area contributed by atoms with Gasteiger partial charge in [0.1, 0.15) is 0 Å². The van der Waals surface area contributed by atoms with Crippen LogP contribution in [0, 0.1) is 0 Å². The zero-order chi connectivity index (χ0) is 6.91. The summed E-state index contributed by atoms with van der Waals surface area (Å²) in [6.45, 7) is 5.14. The van der Waals surface area contributed by atoms with Crippen LogP contribution in [0.4, 0.5) is 0 Å². The van der Waals surface area contributed by atoms with Crippen molar-refractivity contribution >= 4 is 5.91 Å². The molecule has 0 aromatic rings. The van der Waals surface area contributed by atoms with E-state index in [1.807, 2.05) is 13.8 Å². The highest BCUT2D eigenvalue weighted by Gasteiger charge is 2.30. The van der Waals surface area contributed by atoms with E-state index in [1.54, 1.807) is 0 Å². The minimum atomic E-state index is -0.418. The normalized spacial score (nSPS) is 25.3. The number of amides is 1. The van der Waals surface area contributed by atoms with Crippen molar-refractivity contribution in [2.24, 2.45) is 0 Å². The minimum Gasteiger partial charge on any atom is -0.302 e. The molecule has 0 bridgehead atoms. The van der Waals surface area contributed by atoms with Crippen LogP contribution >= 0.6 is 0 Å². The molecular formula is C6H11N2O. The summed E-state index contributed by atoms with van der Waals surface area (Å²) in [6.07, 6.45) is 0. The van der Waals surface area contributed by atoms with Crippen LogP contribution in [0.3, 0.4) is 0 Å². The van der Waals surface area contributed by atoms with Gasteiger partial charge in [-0.15, -0.1) is 0 Å². The Morgan fingerprint density at radius 2 is 2.33 bits per heavy atom. The quantitative estimate of drug-likeness (QED) is 0.476. The number of hydrogen-bond acceptors (Lipinski definition) is 2. The highest BCUT2D eigenvalue weighted by atomic mass is 16.2. The number of carbonyl (C=O) groups is 1. The van der Waals surface area contributed by atoms with Crippen molar-refractivity contribution in [2.75, 3.05) is 13.1 Å². The molecule has 0 atom stereocenters. The summed E-state index contributed by atoms with van der Waals surface area (Å²) in [5, 5.41) is 6.85. The van der Waals surface area contributed by atoms with Crippen molar-refractivity contribution < 1.29 is 4.79 Å². The molecule has 1 amide bonds. The maximum absolute atomic E-state index is 10.9. The largest absolute Gasteiger partial charge is 0.302 e. The van der Waals surface area contributed by atoms with E-state index >= 15 is 0 Å². The molecule has 1 aliphatic heterocycles. The highest BCUT2D eigenvalue weighted by Crippen LogP contribution is 2.04. The Balaban J connectivity index is 2.60. The van der Waals surface area contributed by atoms with Crippen LogP contribution in [-0.4, -0.2) is 24.5 Å². The molecule has 0 aromatic carbocycles. The molecule has 1 heterocycles. The number of nitrogens with zero attached hydrogens (tertiary/aromatic N) is 1. The fraction of sp³-hybridized carbons (Fsp3) is 0.833. The third-order valence-electron chi connectivity index (χ3n) is 1.47. The van der Waals surface area contributed by atoms with Crippen LogP contribution < -0.4 is 10.6 Å². The summed E-state index contributed by atoms with van der Waals surface area (Å²) < 4.78 is 0. The molecule has 3 heteroatoms. The Kier molecular flexibility index (Phi) is 1.45. The third-order valence-corrected chi connectivity index (χ3v) is 1.47. The molecule has 1 saturated heterocycles. The molecule has 51 valence electrons. The van der Waals surface area contributed by atoms with E-state index in [0.717, 1.165) is 6.54 Å². The second-order valence-electron chi connectivity index (χ2n) is 2.74. The first-order valence-corrected chi connectivity index (χ1v) is 3.10. The van der Waals surface area contributed by atoms with Crippen molar-refractivity contribution in [3.63, 3.8) is 0 Å². The lowest BCUT2D eigenvalue weighted by molar-refractivity contribution is -0.128. The molecule has 1 fully saturated rings. The molecule has 0 aromatic heterocycles. The second kappa shape index (κ2) is 1.99. The lowest BCUT2D eigenvalue weighted by Crippen LogP contribution is -2.56. The molecule has 0 unspecified atom stereocenters. The molecule has 0 saturated carbocycles. The van der Waals surface area contributed by atoms with Gasteiger partial charge >= 0.3 is 0 Å². The van der Waals surface area contributed by atoms with Crippen LogP contribution in [0.2, 0.25) is 0 Å². The summed E-state index contributed by atoms with van der Waals surface area (Å²) in [7, 11) is 0. The number of carbonyl (C=O) groups excluding carboxylic acids is 1. The van der Waals surface area contributed by atoms with Gasteiger partial charge in [-0.05, 0) is 13.8 Å². The van der Waals surface area contributed by atoms with Gasteiger partial charge in [-0.2, -0.15) is 0 Å². The summed E-state index contributed by atoms with van der Waals surface area (Å²) in [5.41, 5.74) is -0.418. The van der Waals surface area contributed by atoms with Crippen LogP contribution in [0.25, 0.3) is 0 Å². The predicted octanol–water partition coefficient (Wildman–Crippen LogP) is -0.501. The molecule has 1 rings (SSSR count). The summed E-state index contributed by atoms with van der Waals surface area (Å²) in [6, 6.07) is 0. The van der Waals surface area contributed by atoms with Crippen molar-refractivity contribution in [1.82, 2.24) is 10.6 Å². The Hall–Kier alpha value is -0.570. The van der Waals surface area contributed by atoms with Crippen molar-refractivity contribution in [3.8, 4) is 0 Å². The van der Waals surface area contributed by atoms with E-state index in [0.29, 0.717) is 6.54 Å². The molecule has 3 nitrogen and oxygen atoms in total. The zero-order valence-corrected chi connectivity index (χ0v) is 5.77. The second-order valence-corrected chi connectivity index (χ2v) is 2.74. The fourth-order valence-corrected chi connectivity index (χ4v) is 0.799. The van der Waals surface area contributed by atoms with Crippen LogP contribution in [-0.2, 0) is 4.79 Å². The first kappa shape index (κ1) is 6.55. The number of rotatable bonds is 0. The van der Waals surface area contributed by atoms with Crippen molar-refractivity contribution in [1.29, 1.82) is 0 Å².